The molecule has 1 atom stereocenters. The second-order valence-electron chi connectivity index (χ2n) is 3.81. The number of hydrogen-bond acceptors (Lipinski definition) is 3. The smallest absolute Gasteiger partial charge is 0.279 e. The summed E-state index contributed by atoms with van der Waals surface area (Å²) >= 11 is 16.6. The van der Waals surface area contributed by atoms with Gasteiger partial charge in [0.15, 0.2) is 11.2 Å². The van der Waals surface area contributed by atoms with Crippen molar-refractivity contribution in [2.24, 2.45) is 0 Å². The molecule has 0 saturated carbocycles. The van der Waals surface area contributed by atoms with Gasteiger partial charge in [-0.2, -0.15) is 0 Å². The minimum absolute atomic E-state index is 0.331. The van der Waals surface area contributed by atoms with Crippen LogP contribution >= 0.6 is 35.4 Å². The number of carbonyl (C=O) groups is 1. The van der Waals surface area contributed by atoms with Crippen LogP contribution in [0.2, 0.25) is 10.0 Å². The summed E-state index contributed by atoms with van der Waals surface area (Å²) in [6.07, 6.45) is -0.745. The van der Waals surface area contributed by atoms with Crippen molar-refractivity contribution in [3.8, 4) is 5.75 Å². The number of thiocarbonyl (C=S) groups is 1. The fraction of sp³-hybridized carbons (Fsp3) is 0.333. The molecule has 110 valence electrons. The molecule has 0 radical (unpaired) electrons. The number of amides is 1. The van der Waals surface area contributed by atoms with Gasteiger partial charge in [0.25, 0.3) is 5.91 Å². The largest absolute Gasteiger partial charge is 0.479 e. The van der Waals surface area contributed by atoms with Gasteiger partial charge in [0, 0.05) is 11.6 Å². The highest BCUT2D eigenvalue weighted by Gasteiger charge is 2.16. The third-order valence-electron chi connectivity index (χ3n) is 2.20. The first kappa shape index (κ1) is 16.8. The Bertz CT molecular complexity index is 500. The molecule has 0 spiro atoms. The van der Waals surface area contributed by atoms with Crippen molar-refractivity contribution >= 4 is 46.4 Å². The summed E-state index contributed by atoms with van der Waals surface area (Å²) in [7, 11) is 0. The molecule has 3 N–H and O–H groups in total. The molecule has 5 nitrogen and oxygen atoms in total. The van der Waals surface area contributed by atoms with Crippen LogP contribution < -0.4 is 20.9 Å². The summed E-state index contributed by atoms with van der Waals surface area (Å²) in [5.74, 6) is 0.00393. The Balaban J connectivity index is 2.51. The number of halogens is 2. The molecule has 1 amide bonds. The first-order chi connectivity index (χ1) is 9.43. The van der Waals surface area contributed by atoms with E-state index in [1.165, 1.54) is 0 Å². The lowest BCUT2D eigenvalue weighted by Crippen LogP contribution is -2.50. The quantitative estimate of drug-likeness (QED) is 0.582. The van der Waals surface area contributed by atoms with E-state index in [0.29, 0.717) is 27.5 Å². The lowest BCUT2D eigenvalue weighted by atomic mass is 10.3. The van der Waals surface area contributed by atoms with E-state index in [4.69, 9.17) is 40.2 Å². The second kappa shape index (κ2) is 8.14. The summed E-state index contributed by atoms with van der Waals surface area (Å²) in [6.45, 7) is 4.15. The summed E-state index contributed by atoms with van der Waals surface area (Å²) in [6, 6.07) is 4.78. The zero-order chi connectivity index (χ0) is 15.1. The summed E-state index contributed by atoms with van der Waals surface area (Å²) in [4.78, 5) is 11.8. The zero-order valence-corrected chi connectivity index (χ0v) is 13.3. The fourth-order valence-electron chi connectivity index (χ4n) is 1.24. The molecule has 0 unspecified atom stereocenters. The van der Waals surface area contributed by atoms with Crippen molar-refractivity contribution in [3.05, 3.63) is 28.2 Å². The van der Waals surface area contributed by atoms with E-state index < -0.39 is 6.10 Å². The van der Waals surface area contributed by atoms with E-state index in [2.05, 4.69) is 16.2 Å². The van der Waals surface area contributed by atoms with Crippen molar-refractivity contribution in [1.82, 2.24) is 16.2 Å². The fourth-order valence-corrected chi connectivity index (χ4v) is 1.89. The standard InChI is InChI=1S/C12H15Cl2N3O2S/c1-3-15-12(20)17-16-11(18)7(2)19-10-5-4-8(13)6-9(10)14/h4-7H,3H2,1-2H3,(H,16,18)(H2,15,17,20)/t7-/m1/s1. The van der Waals surface area contributed by atoms with E-state index >= 15 is 0 Å². The second-order valence-corrected chi connectivity index (χ2v) is 5.06. The predicted octanol–water partition coefficient (Wildman–Crippen LogP) is 2.28. The third kappa shape index (κ3) is 5.40. The molecule has 20 heavy (non-hydrogen) atoms. The average Bonchev–Trinajstić information content (AvgIpc) is 2.39. The zero-order valence-electron chi connectivity index (χ0n) is 11.0. The van der Waals surface area contributed by atoms with Gasteiger partial charge >= 0.3 is 0 Å². The highest BCUT2D eigenvalue weighted by Crippen LogP contribution is 2.28. The molecule has 0 aliphatic rings. The van der Waals surface area contributed by atoms with Gasteiger partial charge in [-0.25, -0.2) is 0 Å². The Morgan fingerprint density at radius 3 is 2.70 bits per heavy atom. The van der Waals surface area contributed by atoms with Crippen LogP contribution in [0.1, 0.15) is 13.8 Å². The topological polar surface area (TPSA) is 62.4 Å². The Labute approximate surface area is 132 Å². The molecule has 0 saturated heterocycles. The number of hydrogen-bond donors (Lipinski definition) is 3. The molecular weight excluding hydrogens is 321 g/mol. The lowest BCUT2D eigenvalue weighted by Gasteiger charge is -2.17. The van der Waals surface area contributed by atoms with Crippen LogP contribution in [-0.2, 0) is 4.79 Å². The molecule has 8 heteroatoms. The average molecular weight is 336 g/mol. The molecule has 0 aliphatic carbocycles. The van der Waals surface area contributed by atoms with Crippen molar-refractivity contribution in [1.29, 1.82) is 0 Å². The predicted molar refractivity (Wildman–Crippen MR) is 84.1 cm³/mol. The van der Waals surface area contributed by atoms with Crippen molar-refractivity contribution in [2.75, 3.05) is 6.54 Å². The minimum Gasteiger partial charge on any atom is -0.479 e. The summed E-state index contributed by atoms with van der Waals surface area (Å²) < 4.78 is 5.45. The molecule has 1 rings (SSSR count). The van der Waals surface area contributed by atoms with E-state index in [-0.39, 0.29) is 5.91 Å². The Morgan fingerprint density at radius 1 is 1.40 bits per heavy atom. The number of rotatable bonds is 4. The number of nitrogens with one attached hydrogen (secondary N) is 3. The molecule has 1 aromatic carbocycles. The maximum absolute atomic E-state index is 11.8. The number of benzene rings is 1. The van der Waals surface area contributed by atoms with E-state index in [9.17, 15) is 4.79 Å². The first-order valence-corrected chi connectivity index (χ1v) is 7.05. The van der Waals surface area contributed by atoms with Crippen LogP contribution in [0.25, 0.3) is 0 Å². The minimum atomic E-state index is -0.745. The highest BCUT2D eigenvalue weighted by atomic mass is 35.5. The summed E-state index contributed by atoms with van der Waals surface area (Å²) in [5.41, 5.74) is 4.99. The van der Waals surface area contributed by atoms with Crippen molar-refractivity contribution in [3.63, 3.8) is 0 Å². The van der Waals surface area contributed by atoms with Gasteiger partial charge in [0.05, 0.1) is 5.02 Å². The van der Waals surface area contributed by atoms with Crippen LogP contribution in [0.5, 0.6) is 5.75 Å². The van der Waals surface area contributed by atoms with Crippen molar-refractivity contribution in [2.45, 2.75) is 20.0 Å². The number of hydrazine groups is 1. The van der Waals surface area contributed by atoms with Gasteiger partial charge in [-0.1, -0.05) is 23.2 Å². The molecule has 0 aliphatic heterocycles. The van der Waals surface area contributed by atoms with E-state index in [0.717, 1.165) is 0 Å². The van der Waals surface area contributed by atoms with Crippen LogP contribution in [0.15, 0.2) is 18.2 Å². The van der Waals surface area contributed by atoms with Gasteiger partial charge in [0.1, 0.15) is 5.75 Å². The Kier molecular flexibility index (Phi) is 6.84. The van der Waals surface area contributed by atoms with E-state index in [1.807, 2.05) is 6.92 Å². The third-order valence-corrected chi connectivity index (χ3v) is 2.98. The number of carbonyl (C=O) groups excluding carboxylic acids is 1. The van der Waals surface area contributed by atoms with Crippen LogP contribution in [0, 0.1) is 0 Å². The van der Waals surface area contributed by atoms with Gasteiger partial charge in [0.2, 0.25) is 0 Å². The maximum atomic E-state index is 11.8. The van der Waals surface area contributed by atoms with E-state index in [1.54, 1.807) is 25.1 Å². The van der Waals surface area contributed by atoms with Gasteiger partial charge < -0.3 is 10.1 Å². The monoisotopic (exact) mass is 335 g/mol. The van der Waals surface area contributed by atoms with Gasteiger partial charge in [-0.15, -0.1) is 0 Å². The number of ether oxygens (including phenoxy) is 1. The molecule has 0 heterocycles. The van der Waals surface area contributed by atoms with Crippen LogP contribution in [0.3, 0.4) is 0 Å². The van der Waals surface area contributed by atoms with Crippen molar-refractivity contribution < 1.29 is 9.53 Å². The Morgan fingerprint density at radius 2 is 2.10 bits per heavy atom. The van der Waals surface area contributed by atoms with Gasteiger partial charge in [-0.3, -0.25) is 15.6 Å². The molecule has 0 bridgehead atoms. The van der Waals surface area contributed by atoms with Gasteiger partial charge in [-0.05, 0) is 44.3 Å². The maximum Gasteiger partial charge on any atom is 0.279 e. The SMILES string of the molecule is CCNC(=S)NNC(=O)[C@@H](C)Oc1ccc(Cl)cc1Cl. The molecule has 1 aromatic rings. The Hall–Kier alpha value is -1.24. The summed E-state index contributed by atoms with van der Waals surface area (Å²) in [5, 5.41) is 4.00. The van der Waals surface area contributed by atoms with Crippen LogP contribution in [0.4, 0.5) is 0 Å². The molecule has 0 fully saturated rings. The molecule has 0 aromatic heterocycles. The first-order valence-electron chi connectivity index (χ1n) is 5.89. The highest BCUT2D eigenvalue weighted by molar-refractivity contribution is 7.80. The lowest BCUT2D eigenvalue weighted by molar-refractivity contribution is -0.127. The van der Waals surface area contributed by atoms with Crippen LogP contribution in [-0.4, -0.2) is 23.7 Å². The normalized spacial score (nSPS) is 11.4. The molecular formula is C12H15Cl2N3O2S.